The van der Waals surface area contributed by atoms with Crippen molar-refractivity contribution in [2.24, 2.45) is 0 Å². The molecule has 3 rings (SSSR count). The first-order valence-corrected chi connectivity index (χ1v) is 10.3. The summed E-state index contributed by atoms with van der Waals surface area (Å²) in [7, 11) is 0. The molecular weight excluding hydrogens is 492 g/mol. The van der Waals surface area contributed by atoms with Crippen LogP contribution in [-0.2, 0) is 6.18 Å². The molecule has 8 nitrogen and oxygen atoms in total. The van der Waals surface area contributed by atoms with Crippen molar-refractivity contribution in [3.05, 3.63) is 56.0 Å². The van der Waals surface area contributed by atoms with Crippen LogP contribution in [0.1, 0.15) is 50.0 Å². The third-order valence-corrected chi connectivity index (χ3v) is 6.04. The average Bonchev–Trinajstić information content (AvgIpc) is 3.21. The van der Waals surface area contributed by atoms with Gasteiger partial charge in [0.1, 0.15) is 33.6 Å². The summed E-state index contributed by atoms with van der Waals surface area (Å²) in [5.41, 5.74) is 4.44. The SMILES string of the molecule is CC(CC(=O)c1ncnc(N)c1Cl)c1ncc(C(=O)Nc2cc(C(F)(F)F)c(Cl)cn2)s1. The number of pyridine rings is 1. The van der Waals surface area contributed by atoms with E-state index in [2.05, 4.69) is 25.3 Å². The number of nitrogens with zero attached hydrogens (tertiary/aromatic N) is 4. The summed E-state index contributed by atoms with van der Waals surface area (Å²) in [5, 5.41) is 2.11. The number of hydrogen-bond acceptors (Lipinski definition) is 8. The van der Waals surface area contributed by atoms with E-state index in [1.165, 1.54) is 6.20 Å². The second-order valence-electron chi connectivity index (χ2n) is 6.51. The molecule has 3 aromatic heterocycles. The van der Waals surface area contributed by atoms with Crippen molar-refractivity contribution in [3.63, 3.8) is 0 Å². The molecule has 1 atom stereocenters. The number of nitrogens with two attached hydrogens (primary N) is 1. The number of hydrogen-bond donors (Lipinski definition) is 2. The van der Waals surface area contributed by atoms with Gasteiger partial charge in [-0.25, -0.2) is 19.9 Å². The molecule has 3 heterocycles. The molecule has 14 heteroatoms. The largest absolute Gasteiger partial charge is 0.418 e. The molecule has 0 aliphatic carbocycles. The molecule has 1 amide bonds. The molecule has 0 aromatic carbocycles. The highest BCUT2D eigenvalue weighted by atomic mass is 35.5. The van der Waals surface area contributed by atoms with Crippen molar-refractivity contribution >= 4 is 57.9 Å². The van der Waals surface area contributed by atoms with Gasteiger partial charge in [0.25, 0.3) is 5.91 Å². The maximum atomic E-state index is 13.0. The molecule has 3 aromatic rings. The molecule has 0 aliphatic rings. The summed E-state index contributed by atoms with van der Waals surface area (Å²) in [4.78, 5) is 40.4. The Labute approximate surface area is 193 Å². The maximum Gasteiger partial charge on any atom is 0.418 e. The highest BCUT2D eigenvalue weighted by molar-refractivity contribution is 7.13. The fourth-order valence-corrected chi connectivity index (χ4v) is 3.84. The number of halogens is 5. The van der Waals surface area contributed by atoms with Gasteiger partial charge in [0.05, 0.1) is 21.8 Å². The monoisotopic (exact) mass is 504 g/mol. The fourth-order valence-electron chi connectivity index (χ4n) is 2.56. The van der Waals surface area contributed by atoms with Crippen LogP contribution in [0.4, 0.5) is 24.8 Å². The Morgan fingerprint density at radius 1 is 1.19 bits per heavy atom. The molecule has 3 N–H and O–H groups in total. The number of nitrogen functional groups attached to an aromatic ring is 1. The molecule has 32 heavy (non-hydrogen) atoms. The normalized spacial score (nSPS) is 12.4. The third kappa shape index (κ3) is 5.31. The first-order valence-electron chi connectivity index (χ1n) is 8.76. The Balaban J connectivity index is 1.70. The number of carbonyl (C=O) groups is 2. The minimum Gasteiger partial charge on any atom is -0.382 e. The van der Waals surface area contributed by atoms with Gasteiger partial charge in [-0.05, 0) is 6.07 Å². The highest BCUT2D eigenvalue weighted by Crippen LogP contribution is 2.35. The lowest BCUT2D eigenvalue weighted by Gasteiger charge is -2.10. The number of Topliss-reactive ketones (excluding diaryl/α,β-unsaturated/α-hetero) is 1. The zero-order valence-electron chi connectivity index (χ0n) is 16.1. The van der Waals surface area contributed by atoms with Gasteiger partial charge in [0, 0.05) is 18.5 Å². The second kappa shape index (κ2) is 9.35. The predicted molar refractivity (Wildman–Crippen MR) is 113 cm³/mol. The highest BCUT2D eigenvalue weighted by Gasteiger charge is 2.34. The number of carbonyl (C=O) groups excluding carboxylic acids is 2. The summed E-state index contributed by atoms with van der Waals surface area (Å²) >= 11 is 12.5. The smallest absolute Gasteiger partial charge is 0.382 e. The molecule has 0 bridgehead atoms. The van der Waals surface area contributed by atoms with E-state index in [1.807, 2.05) is 0 Å². The Bertz CT molecular complexity index is 1190. The lowest BCUT2D eigenvalue weighted by Crippen LogP contribution is -2.13. The Morgan fingerprint density at radius 3 is 2.59 bits per heavy atom. The van der Waals surface area contributed by atoms with Crippen LogP contribution < -0.4 is 11.1 Å². The Kier molecular flexibility index (Phi) is 6.96. The lowest BCUT2D eigenvalue weighted by molar-refractivity contribution is -0.137. The average molecular weight is 505 g/mol. The van der Waals surface area contributed by atoms with Crippen molar-refractivity contribution in [2.75, 3.05) is 11.1 Å². The molecule has 0 radical (unpaired) electrons. The Morgan fingerprint density at radius 2 is 1.91 bits per heavy atom. The first-order chi connectivity index (χ1) is 15.0. The van der Waals surface area contributed by atoms with Crippen LogP contribution in [0.5, 0.6) is 0 Å². The van der Waals surface area contributed by atoms with Gasteiger partial charge in [0.2, 0.25) is 0 Å². The topological polar surface area (TPSA) is 124 Å². The standard InChI is InChI=1S/C18H13Cl2F3N6O2S/c1-7(2-10(30)14-13(20)15(24)28-6-27-14)17-26-5-11(32-17)16(31)29-12-3-8(18(21,22)23)9(19)4-25-12/h3-7H,2H2,1H3,(H2,24,27,28)(H,25,29,31). The van der Waals surface area contributed by atoms with E-state index in [0.717, 1.165) is 23.9 Å². The molecule has 0 aliphatic heterocycles. The van der Waals surface area contributed by atoms with Crippen LogP contribution in [0.15, 0.2) is 24.8 Å². The van der Waals surface area contributed by atoms with E-state index in [-0.39, 0.29) is 39.4 Å². The quantitative estimate of drug-likeness (QED) is 0.459. The van der Waals surface area contributed by atoms with Crippen LogP contribution in [0.25, 0.3) is 0 Å². The van der Waals surface area contributed by atoms with Gasteiger partial charge in [-0.15, -0.1) is 11.3 Å². The number of alkyl halides is 3. The molecular formula is C18H13Cl2F3N6O2S. The van der Waals surface area contributed by atoms with Crippen LogP contribution in [-0.4, -0.2) is 31.6 Å². The molecule has 1 unspecified atom stereocenters. The van der Waals surface area contributed by atoms with Gasteiger partial charge in [-0.3, -0.25) is 9.59 Å². The number of ketones is 1. The Hall–Kier alpha value is -2.83. The van der Waals surface area contributed by atoms with Crippen molar-refractivity contribution in [1.29, 1.82) is 0 Å². The molecule has 168 valence electrons. The van der Waals surface area contributed by atoms with E-state index in [1.54, 1.807) is 6.92 Å². The predicted octanol–water partition coefficient (Wildman–Crippen LogP) is 4.86. The summed E-state index contributed by atoms with van der Waals surface area (Å²) in [6.07, 6.45) is -1.53. The number of thiazole rings is 1. The van der Waals surface area contributed by atoms with Crippen LogP contribution in [0, 0.1) is 0 Å². The summed E-state index contributed by atoms with van der Waals surface area (Å²) in [6, 6.07) is 0.640. The minimum absolute atomic E-state index is 0.0154. The number of anilines is 2. The van der Waals surface area contributed by atoms with Gasteiger partial charge >= 0.3 is 6.18 Å². The van der Waals surface area contributed by atoms with Gasteiger partial charge < -0.3 is 11.1 Å². The van der Waals surface area contributed by atoms with Crippen LogP contribution >= 0.6 is 34.5 Å². The van der Waals surface area contributed by atoms with Gasteiger partial charge in [0.15, 0.2) is 5.78 Å². The van der Waals surface area contributed by atoms with Crippen LogP contribution in [0.3, 0.4) is 0 Å². The van der Waals surface area contributed by atoms with Gasteiger partial charge in [-0.1, -0.05) is 30.1 Å². The minimum atomic E-state index is -4.70. The van der Waals surface area contributed by atoms with E-state index in [0.29, 0.717) is 11.1 Å². The molecule has 0 saturated carbocycles. The van der Waals surface area contributed by atoms with Crippen molar-refractivity contribution < 1.29 is 22.8 Å². The third-order valence-electron chi connectivity index (χ3n) is 4.14. The molecule has 0 spiro atoms. The zero-order valence-corrected chi connectivity index (χ0v) is 18.4. The maximum absolute atomic E-state index is 13.0. The first kappa shape index (κ1) is 23.8. The number of amides is 1. The fraction of sp³-hybridized carbons (Fsp3) is 0.222. The van der Waals surface area contributed by atoms with E-state index in [9.17, 15) is 22.8 Å². The summed E-state index contributed by atoms with van der Waals surface area (Å²) in [6.45, 7) is 1.72. The van der Waals surface area contributed by atoms with Crippen LogP contribution in [0.2, 0.25) is 10.0 Å². The van der Waals surface area contributed by atoms with Gasteiger partial charge in [-0.2, -0.15) is 13.2 Å². The number of aromatic nitrogens is 4. The summed E-state index contributed by atoms with van der Waals surface area (Å²) < 4.78 is 38.9. The molecule has 0 fully saturated rings. The lowest BCUT2D eigenvalue weighted by atomic mass is 10.0. The van der Waals surface area contributed by atoms with E-state index < -0.39 is 28.6 Å². The number of rotatable bonds is 6. The second-order valence-corrected chi connectivity index (χ2v) is 8.36. The zero-order chi connectivity index (χ0) is 23.6. The molecule has 0 saturated heterocycles. The van der Waals surface area contributed by atoms with Crippen molar-refractivity contribution in [3.8, 4) is 0 Å². The number of nitrogens with one attached hydrogen (secondary N) is 1. The summed E-state index contributed by atoms with van der Waals surface area (Å²) in [5.74, 6) is -1.83. The van der Waals surface area contributed by atoms with Crippen molar-refractivity contribution in [1.82, 2.24) is 19.9 Å². The van der Waals surface area contributed by atoms with Crippen molar-refractivity contribution in [2.45, 2.75) is 25.4 Å². The van der Waals surface area contributed by atoms with E-state index >= 15 is 0 Å². The van der Waals surface area contributed by atoms with E-state index in [4.69, 9.17) is 28.9 Å².